The molecule has 0 saturated heterocycles. The van der Waals surface area contributed by atoms with Gasteiger partial charge in [-0.15, -0.1) is 0 Å². The predicted molar refractivity (Wildman–Crippen MR) is 85.6 cm³/mol. The largest absolute Gasteiger partial charge is 0.489 e. The number of anilines is 1. The normalized spacial score (nSPS) is 10.2. The van der Waals surface area contributed by atoms with Crippen LogP contribution in [0.15, 0.2) is 42.5 Å². The lowest BCUT2D eigenvalue weighted by Gasteiger charge is -2.13. The first kappa shape index (κ1) is 15.1. The van der Waals surface area contributed by atoms with E-state index in [4.69, 9.17) is 4.74 Å². The number of benzene rings is 2. The molecule has 3 heteroatoms. The van der Waals surface area contributed by atoms with Crippen LogP contribution in [0.2, 0.25) is 0 Å². The second-order valence-electron chi connectivity index (χ2n) is 5.12. The van der Waals surface area contributed by atoms with Crippen molar-refractivity contribution in [3.63, 3.8) is 0 Å². The fourth-order valence-electron chi connectivity index (χ4n) is 2.12. The van der Waals surface area contributed by atoms with E-state index in [1.54, 1.807) is 0 Å². The summed E-state index contributed by atoms with van der Waals surface area (Å²) in [5.74, 6) is 0.881. The van der Waals surface area contributed by atoms with Crippen molar-refractivity contribution in [2.24, 2.45) is 0 Å². The van der Waals surface area contributed by atoms with E-state index >= 15 is 0 Å². The molecular weight excluding hydrogens is 262 g/mol. The van der Waals surface area contributed by atoms with Gasteiger partial charge in [-0.3, -0.25) is 4.79 Å². The fraction of sp³-hybridized carbons (Fsp3) is 0.278. The van der Waals surface area contributed by atoms with E-state index in [2.05, 4.69) is 18.3 Å². The van der Waals surface area contributed by atoms with Crippen molar-refractivity contribution in [1.29, 1.82) is 0 Å². The lowest BCUT2D eigenvalue weighted by molar-refractivity contribution is -0.115. The van der Waals surface area contributed by atoms with Crippen molar-refractivity contribution < 1.29 is 9.53 Å². The second-order valence-corrected chi connectivity index (χ2v) is 5.12. The van der Waals surface area contributed by atoms with Crippen molar-refractivity contribution >= 4 is 11.6 Å². The van der Waals surface area contributed by atoms with E-state index in [0.717, 1.165) is 22.6 Å². The summed E-state index contributed by atoms with van der Waals surface area (Å²) in [5.41, 5.74) is 4.12. The highest BCUT2D eigenvalue weighted by atomic mass is 16.5. The number of carbonyl (C=O) groups excluding carboxylic acids is 1. The maximum absolute atomic E-state index is 11.5. The third-order valence-corrected chi connectivity index (χ3v) is 3.33. The van der Waals surface area contributed by atoms with Gasteiger partial charge in [-0.2, -0.15) is 0 Å². The molecule has 1 N–H and O–H groups in total. The van der Waals surface area contributed by atoms with Crippen LogP contribution in [-0.4, -0.2) is 5.91 Å². The van der Waals surface area contributed by atoms with Gasteiger partial charge in [-0.25, -0.2) is 0 Å². The minimum absolute atomic E-state index is 0.00830. The van der Waals surface area contributed by atoms with E-state index in [0.29, 0.717) is 13.0 Å². The van der Waals surface area contributed by atoms with Gasteiger partial charge in [0.15, 0.2) is 0 Å². The first-order valence-electron chi connectivity index (χ1n) is 7.18. The van der Waals surface area contributed by atoms with Gasteiger partial charge in [0.2, 0.25) is 5.91 Å². The molecule has 0 aromatic heterocycles. The fourth-order valence-corrected chi connectivity index (χ4v) is 2.12. The Bertz CT molecular complexity index is 635. The van der Waals surface area contributed by atoms with E-state index in [-0.39, 0.29) is 5.91 Å². The zero-order chi connectivity index (χ0) is 15.2. The van der Waals surface area contributed by atoms with Gasteiger partial charge < -0.3 is 10.1 Å². The average molecular weight is 283 g/mol. The maximum Gasteiger partial charge on any atom is 0.224 e. The molecule has 2 aromatic rings. The topological polar surface area (TPSA) is 38.3 Å². The molecule has 0 atom stereocenters. The summed E-state index contributed by atoms with van der Waals surface area (Å²) in [6.45, 7) is 6.37. The zero-order valence-corrected chi connectivity index (χ0v) is 12.8. The average Bonchev–Trinajstić information content (AvgIpc) is 2.47. The van der Waals surface area contributed by atoms with E-state index in [1.165, 1.54) is 5.56 Å². The molecule has 1 amide bonds. The summed E-state index contributed by atoms with van der Waals surface area (Å²) >= 11 is 0. The quantitative estimate of drug-likeness (QED) is 0.891. The van der Waals surface area contributed by atoms with Gasteiger partial charge in [0.1, 0.15) is 12.4 Å². The third-order valence-electron chi connectivity index (χ3n) is 3.33. The van der Waals surface area contributed by atoms with Crippen LogP contribution in [0.5, 0.6) is 5.75 Å². The van der Waals surface area contributed by atoms with Crippen LogP contribution in [0.3, 0.4) is 0 Å². The Hall–Kier alpha value is -2.29. The second kappa shape index (κ2) is 6.93. The molecule has 0 radical (unpaired) electrons. The Balaban J connectivity index is 2.11. The number of rotatable bonds is 5. The molecule has 110 valence electrons. The summed E-state index contributed by atoms with van der Waals surface area (Å²) in [6, 6.07) is 13.8. The molecule has 0 aliphatic heterocycles. The van der Waals surface area contributed by atoms with E-state index < -0.39 is 0 Å². The lowest BCUT2D eigenvalue weighted by Crippen LogP contribution is -2.12. The molecular formula is C18H21NO2. The number of amides is 1. The molecule has 0 spiro atoms. The van der Waals surface area contributed by atoms with Gasteiger partial charge in [-0.05, 0) is 31.5 Å². The molecule has 0 aliphatic rings. The Kier molecular flexibility index (Phi) is 4.99. The Morgan fingerprint density at radius 1 is 1.14 bits per heavy atom. The number of carbonyl (C=O) groups is 1. The van der Waals surface area contributed by atoms with E-state index in [1.807, 2.05) is 50.2 Å². The van der Waals surface area contributed by atoms with Crippen LogP contribution in [0, 0.1) is 13.8 Å². The SMILES string of the molecule is CCC(=O)Nc1ccccc1COc1ccc(C)cc1C. The van der Waals surface area contributed by atoms with Crippen LogP contribution in [-0.2, 0) is 11.4 Å². The molecule has 0 fully saturated rings. The number of nitrogens with one attached hydrogen (secondary N) is 1. The van der Waals surface area contributed by atoms with E-state index in [9.17, 15) is 4.79 Å². The van der Waals surface area contributed by atoms with Gasteiger partial charge in [0, 0.05) is 17.7 Å². The van der Waals surface area contributed by atoms with Crippen molar-refractivity contribution in [2.75, 3.05) is 5.32 Å². The zero-order valence-electron chi connectivity index (χ0n) is 12.8. The molecule has 3 nitrogen and oxygen atoms in total. The standard InChI is InChI=1S/C18H21NO2/c1-4-18(20)19-16-8-6-5-7-15(16)12-21-17-10-9-13(2)11-14(17)3/h5-11H,4,12H2,1-3H3,(H,19,20). The van der Waals surface area contributed by atoms with Gasteiger partial charge in [0.05, 0.1) is 0 Å². The molecule has 21 heavy (non-hydrogen) atoms. The predicted octanol–water partition coefficient (Wildman–Crippen LogP) is 4.23. The Morgan fingerprint density at radius 2 is 1.90 bits per heavy atom. The summed E-state index contributed by atoms with van der Waals surface area (Å²) < 4.78 is 5.88. The van der Waals surface area contributed by atoms with Crippen molar-refractivity contribution in [2.45, 2.75) is 33.8 Å². The van der Waals surface area contributed by atoms with Gasteiger partial charge >= 0.3 is 0 Å². The van der Waals surface area contributed by atoms with Crippen LogP contribution in [0.4, 0.5) is 5.69 Å². The van der Waals surface area contributed by atoms with Crippen molar-refractivity contribution in [1.82, 2.24) is 0 Å². The highest BCUT2D eigenvalue weighted by molar-refractivity contribution is 5.91. The molecule has 0 unspecified atom stereocenters. The Labute approximate surface area is 126 Å². The Morgan fingerprint density at radius 3 is 2.62 bits per heavy atom. The third kappa shape index (κ3) is 4.09. The molecule has 0 heterocycles. The summed E-state index contributed by atoms with van der Waals surface area (Å²) in [4.78, 5) is 11.5. The van der Waals surface area contributed by atoms with Crippen LogP contribution >= 0.6 is 0 Å². The number of ether oxygens (including phenoxy) is 1. The van der Waals surface area contributed by atoms with Crippen LogP contribution < -0.4 is 10.1 Å². The molecule has 0 bridgehead atoms. The van der Waals surface area contributed by atoms with Crippen molar-refractivity contribution in [3.05, 3.63) is 59.2 Å². The summed E-state index contributed by atoms with van der Waals surface area (Å²) in [5, 5.41) is 2.90. The summed E-state index contributed by atoms with van der Waals surface area (Å²) in [6.07, 6.45) is 0.465. The number of hydrogen-bond acceptors (Lipinski definition) is 2. The van der Waals surface area contributed by atoms with Crippen LogP contribution in [0.1, 0.15) is 30.0 Å². The molecule has 2 aromatic carbocycles. The molecule has 2 rings (SSSR count). The molecule has 0 aliphatic carbocycles. The highest BCUT2D eigenvalue weighted by Crippen LogP contribution is 2.22. The minimum Gasteiger partial charge on any atom is -0.489 e. The number of aryl methyl sites for hydroxylation is 2. The first-order chi connectivity index (χ1) is 10.1. The van der Waals surface area contributed by atoms with Gasteiger partial charge in [0.25, 0.3) is 0 Å². The van der Waals surface area contributed by atoms with Crippen molar-refractivity contribution in [3.8, 4) is 5.75 Å². The first-order valence-corrected chi connectivity index (χ1v) is 7.18. The lowest BCUT2D eigenvalue weighted by atomic mass is 10.1. The summed E-state index contributed by atoms with van der Waals surface area (Å²) in [7, 11) is 0. The van der Waals surface area contributed by atoms with Crippen LogP contribution in [0.25, 0.3) is 0 Å². The minimum atomic E-state index is 0.00830. The number of para-hydroxylation sites is 1. The monoisotopic (exact) mass is 283 g/mol. The smallest absolute Gasteiger partial charge is 0.224 e. The molecule has 0 saturated carbocycles. The van der Waals surface area contributed by atoms with Gasteiger partial charge in [-0.1, -0.05) is 42.8 Å². The number of hydrogen-bond donors (Lipinski definition) is 1. The maximum atomic E-state index is 11.5. The highest BCUT2D eigenvalue weighted by Gasteiger charge is 2.06.